The molecule has 142 valence electrons. The molecule has 0 saturated carbocycles. The molecular weight excluding hydrogens is 358 g/mol. The minimum atomic E-state index is -0.102. The van der Waals surface area contributed by atoms with Crippen LogP contribution in [0.2, 0.25) is 0 Å². The molecule has 0 aromatic heterocycles. The number of benzene rings is 2. The van der Waals surface area contributed by atoms with Gasteiger partial charge in [0.1, 0.15) is 0 Å². The van der Waals surface area contributed by atoms with E-state index in [9.17, 15) is 9.59 Å². The van der Waals surface area contributed by atoms with Crippen molar-refractivity contribution in [3.63, 3.8) is 0 Å². The second-order valence-corrected chi connectivity index (χ2v) is 7.99. The van der Waals surface area contributed by atoms with Gasteiger partial charge in [0.25, 0.3) is 11.8 Å². The van der Waals surface area contributed by atoms with E-state index in [-0.39, 0.29) is 11.8 Å². The summed E-state index contributed by atoms with van der Waals surface area (Å²) in [6.07, 6.45) is 1.99. The van der Waals surface area contributed by atoms with Gasteiger partial charge in [0.15, 0.2) is 0 Å². The summed E-state index contributed by atoms with van der Waals surface area (Å²) in [5.41, 5.74) is 2.03. The van der Waals surface area contributed by atoms with Crippen LogP contribution in [0.25, 0.3) is 0 Å². The first-order chi connectivity index (χ1) is 13.0. The van der Waals surface area contributed by atoms with E-state index in [1.807, 2.05) is 50.5 Å². The number of anilines is 1. The number of carbonyl (C=O) groups excluding carboxylic acids is 2. The first-order valence-electron chi connectivity index (χ1n) is 9.09. The first-order valence-corrected chi connectivity index (χ1v) is 9.91. The smallest absolute Gasteiger partial charge is 0.259 e. The van der Waals surface area contributed by atoms with Crippen molar-refractivity contribution in [3.8, 4) is 0 Å². The molecule has 1 N–H and O–H groups in total. The van der Waals surface area contributed by atoms with Crippen molar-refractivity contribution in [1.82, 2.24) is 10.2 Å². The van der Waals surface area contributed by atoms with E-state index in [2.05, 4.69) is 10.2 Å². The van der Waals surface area contributed by atoms with Gasteiger partial charge in [-0.05, 0) is 63.8 Å². The molecule has 1 heterocycles. The summed E-state index contributed by atoms with van der Waals surface area (Å²) >= 11 is 1.56. The highest BCUT2D eigenvalue weighted by atomic mass is 32.2. The molecule has 1 aliphatic rings. The van der Waals surface area contributed by atoms with Crippen LogP contribution in [0.3, 0.4) is 0 Å². The number of hydrogen-bond acceptors (Lipinski definition) is 4. The van der Waals surface area contributed by atoms with Crippen LogP contribution in [-0.4, -0.2) is 50.9 Å². The highest BCUT2D eigenvalue weighted by Crippen LogP contribution is 2.41. The fourth-order valence-corrected chi connectivity index (χ4v) is 4.09. The first kappa shape index (κ1) is 19.5. The van der Waals surface area contributed by atoms with E-state index < -0.39 is 0 Å². The standard InChI is InChI=1S/C21H25N3O2S/c1-23(2)13-7-6-12-22-20(25)15-10-11-19-17(14-15)24(3)21(26)16-8-4-5-9-18(16)27-19/h4-5,8-11,14H,6-7,12-13H2,1-3H3,(H,22,25). The van der Waals surface area contributed by atoms with Crippen molar-refractivity contribution in [3.05, 3.63) is 53.6 Å². The molecule has 3 rings (SSSR count). The Bertz CT molecular complexity index is 851. The molecule has 6 heteroatoms. The van der Waals surface area contributed by atoms with Gasteiger partial charge in [-0.2, -0.15) is 0 Å². The van der Waals surface area contributed by atoms with Crippen LogP contribution in [0.15, 0.2) is 52.3 Å². The van der Waals surface area contributed by atoms with Gasteiger partial charge in [-0.15, -0.1) is 0 Å². The fraction of sp³-hybridized carbons (Fsp3) is 0.333. The van der Waals surface area contributed by atoms with Crippen molar-refractivity contribution < 1.29 is 9.59 Å². The number of hydrogen-bond donors (Lipinski definition) is 1. The summed E-state index contributed by atoms with van der Waals surface area (Å²) < 4.78 is 0. The predicted octanol–water partition coefficient (Wildman–Crippen LogP) is 3.50. The molecule has 0 fully saturated rings. The maximum Gasteiger partial charge on any atom is 0.259 e. The number of carbonyl (C=O) groups is 2. The molecule has 2 aromatic carbocycles. The second kappa shape index (κ2) is 8.59. The summed E-state index contributed by atoms with van der Waals surface area (Å²) in [5, 5.41) is 2.97. The second-order valence-electron chi connectivity index (χ2n) is 6.91. The number of amides is 2. The van der Waals surface area contributed by atoms with Crippen molar-refractivity contribution in [1.29, 1.82) is 0 Å². The molecule has 0 atom stereocenters. The number of fused-ring (bicyclic) bond motifs is 2. The molecular formula is C21H25N3O2S. The van der Waals surface area contributed by atoms with Gasteiger partial charge < -0.3 is 15.1 Å². The Hall–Kier alpha value is -2.31. The zero-order chi connectivity index (χ0) is 19.4. The van der Waals surface area contributed by atoms with E-state index in [4.69, 9.17) is 0 Å². The summed E-state index contributed by atoms with van der Waals surface area (Å²) in [5.74, 6) is -0.159. The van der Waals surface area contributed by atoms with Crippen LogP contribution < -0.4 is 10.2 Å². The van der Waals surface area contributed by atoms with E-state index in [0.717, 1.165) is 34.9 Å². The Kier molecular flexibility index (Phi) is 6.19. The SMILES string of the molecule is CN(C)CCCCNC(=O)c1ccc2c(c1)N(C)C(=O)c1ccccc1S2. The van der Waals surface area contributed by atoms with Crippen LogP contribution in [0, 0.1) is 0 Å². The monoisotopic (exact) mass is 383 g/mol. The number of unbranched alkanes of at least 4 members (excludes halogenated alkanes) is 1. The molecule has 0 unspecified atom stereocenters. The van der Waals surface area contributed by atoms with Gasteiger partial charge in [0, 0.05) is 28.9 Å². The Morgan fingerprint density at radius 1 is 1.11 bits per heavy atom. The van der Waals surface area contributed by atoms with E-state index in [1.165, 1.54) is 0 Å². The van der Waals surface area contributed by atoms with Gasteiger partial charge in [-0.3, -0.25) is 9.59 Å². The van der Waals surface area contributed by atoms with Gasteiger partial charge >= 0.3 is 0 Å². The molecule has 1 aliphatic heterocycles. The van der Waals surface area contributed by atoms with E-state index in [1.54, 1.807) is 29.8 Å². The molecule has 0 spiro atoms. The van der Waals surface area contributed by atoms with Gasteiger partial charge in [0.2, 0.25) is 0 Å². The van der Waals surface area contributed by atoms with E-state index in [0.29, 0.717) is 17.7 Å². The summed E-state index contributed by atoms with van der Waals surface area (Å²) in [4.78, 5) is 30.9. The number of nitrogens with one attached hydrogen (secondary N) is 1. The van der Waals surface area contributed by atoms with Crippen molar-refractivity contribution in [2.24, 2.45) is 0 Å². The average molecular weight is 384 g/mol. The van der Waals surface area contributed by atoms with Crippen molar-refractivity contribution in [2.75, 3.05) is 39.1 Å². The summed E-state index contributed by atoms with van der Waals surface area (Å²) in [6, 6.07) is 13.2. The molecule has 0 aliphatic carbocycles. The molecule has 0 radical (unpaired) electrons. The molecule has 2 aromatic rings. The molecule has 2 amide bonds. The quantitative estimate of drug-likeness (QED) is 0.776. The lowest BCUT2D eigenvalue weighted by Gasteiger charge is -2.18. The lowest BCUT2D eigenvalue weighted by atomic mass is 10.1. The van der Waals surface area contributed by atoms with Crippen LogP contribution in [0.1, 0.15) is 33.6 Å². The van der Waals surface area contributed by atoms with Crippen LogP contribution in [-0.2, 0) is 0 Å². The van der Waals surface area contributed by atoms with Crippen molar-refractivity contribution >= 4 is 29.3 Å². The van der Waals surface area contributed by atoms with Crippen molar-refractivity contribution in [2.45, 2.75) is 22.6 Å². The Morgan fingerprint density at radius 3 is 2.67 bits per heavy atom. The number of rotatable bonds is 6. The lowest BCUT2D eigenvalue weighted by molar-refractivity contribution is 0.0950. The van der Waals surface area contributed by atoms with Gasteiger partial charge in [-0.1, -0.05) is 23.9 Å². The third kappa shape index (κ3) is 4.51. The maximum atomic E-state index is 12.8. The Balaban J connectivity index is 1.73. The van der Waals surface area contributed by atoms with Gasteiger partial charge in [0.05, 0.1) is 11.3 Å². The highest BCUT2D eigenvalue weighted by molar-refractivity contribution is 7.99. The van der Waals surface area contributed by atoms with Crippen LogP contribution in [0.5, 0.6) is 0 Å². The molecule has 0 saturated heterocycles. The Labute approximate surface area is 164 Å². The fourth-order valence-electron chi connectivity index (χ4n) is 3.00. The topological polar surface area (TPSA) is 52.7 Å². The zero-order valence-electron chi connectivity index (χ0n) is 16.0. The summed E-state index contributed by atoms with van der Waals surface area (Å²) in [6.45, 7) is 1.66. The minimum absolute atomic E-state index is 0.0573. The minimum Gasteiger partial charge on any atom is -0.352 e. The third-order valence-corrected chi connectivity index (χ3v) is 5.68. The largest absolute Gasteiger partial charge is 0.352 e. The highest BCUT2D eigenvalue weighted by Gasteiger charge is 2.25. The molecule has 5 nitrogen and oxygen atoms in total. The molecule has 27 heavy (non-hydrogen) atoms. The maximum absolute atomic E-state index is 12.8. The van der Waals surface area contributed by atoms with Crippen LogP contribution >= 0.6 is 11.8 Å². The van der Waals surface area contributed by atoms with Crippen LogP contribution in [0.4, 0.5) is 5.69 Å². The third-order valence-electron chi connectivity index (χ3n) is 4.54. The average Bonchev–Trinajstić information content (AvgIpc) is 2.76. The molecule has 0 bridgehead atoms. The Morgan fingerprint density at radius 2 is 1.89 bits per heavy atom. The van der Waals surface area contributed by atoms with Gasteiger partial charge in [-0.25, -0.2) is 0 Å². The van der Waals surface area contributed by atoms with E-state index >= 15 is 0 Å². The zero-order valence-corrected chi connectivity index (χ0v) is 16.8. The predicted molar refractivity (Wildman–Crippen MR) is 110 cm³/mol. The summed E-state index contributed by atoms with van der Waals surface area (Å²) in [7, 11) is 5.84. The number of nitrogens with zero attached hydrogens (tertiary/aromatic N) is 2. The normalized spacial score (nSPS) is 13.2. The lowest BCUT2D eigenvalue weighted by Crippen LogP contribution is -2.28.